The van der Waals surface area contributed by atoms with E-state index in [1.54, 1.807) is 45.2 Å². The number of benzene rings is 1. The molecule has 0 aromatic heterocycles. The van der Waals surface area contributed by atoms with E-state index in [0.717, 1.165) is 0 Å². The number of phenols is 1. The molecule has 1 atom stereocenters. The quantitative estimate of drug-likeness (QED) is 0.442. The number of aliphatic carboxylic acids is 1. The second-order valence-corrected chi connectivity index (χ2v) is 7.11. The van der Waals surface area contributed by atoms with Crippen LogP contribution in [-0.2, 0) is 9.53 Å². The van der Waals surface area contributed by atoms with Gasteiger partial charge >= 0.3 is 17.9 Å². The molecule has 0 amide bonds. The smallest absolute Gasteiger partial charge is 0.378 e. The maximum absolute atomic E-state index is 13.6. The maximum Gasteiger partial charge on any atom is 0.378 e. The van der Waals surface area contributed by atoms with Crippen molar-refractivity contribution >= 4 is 57.1 Å². The van der Waals surface area contributed by atoms with Crippen LogP contribution in [0, 0.1) is 13.1 Å². The molecule has 9 heteroatoms. The van der Waals surface area contributed by atoms with Crippen molar-refractivity contribution in [2.24, 2.45) is 5.92 Å². The minimum absolute atomic E-state index is 0.0333. The van der Waals surface area contributed by atoms with Crippen LogP contribution in [0.5, 0.6) is 5.75 Å². The molecule has 0 aliphatic rings. The van der Waals surface area contributed by atoms with E-state index in [4.69, 9.17) is 9.84 Å². The summed E-state index contributed by atoms with van der Waals surface area (Å²) in [5.74, 6) is -8.55. The second-order valence-electron chi connectivity index (χ2n) is 4.79. The number of ether oxygens (including phenoxy) is 1. The molecule has 0 fully saturated rings. The summed E-state index contributed by atoms with van der Waals surface area (Å²) in [6.07, 6.45) is -2.10. The first-order chi connectivity index (χ1) is 9.98. The van der Waals surface area contributed by atoms with Crippen LogP contribution in [0.25, 0.3) is 0 Å². The first-order valence-corrected chi connectivity index (χ1v) is 8.14. The van der Waals surface area contributed by atoms with E-state index < -0.39 is 29.9 Å². The molecular formula is C13H12F2I2O5. The molecule has 0 heterocycles. The number of phenolic OH excluding ortho intramolecular Hbond substituents is 1. The highest BCUT2D eigenvalue weighted by Gasteiger charge is 2.51. The van der Waals surface area contributed by atoms with Gasteiger partial charge in [-0.2, -0.15) is 8.78 Å². The molecule has 0 aliphatic carbocycles. The summed E-state index contributed by atoms with van der Waals surface area (Å²) in [6, 6.07) is 2.55. The summed E-state index contributed by atoms with van der Waals surface area (Å²) in [7, 11) is 0. The molecule has 0 saturated heterocycles. The summed E-state index contributed by atoms with van der Waals surface area (Å²) in [4.78, 5) is 22.7. The monoisotopic (exact) mass is 540 g/mol. The number of rotatable bonds is 5. The van der Waals surface area contributed by atoms with Crippen molar-refractivity contribution in [3.05, 3.63) is 24.8 Å². The number of esters is 1. The zero-order valence-corrected chi connectivity index (χ0v) is 15.8. The van der Waals surface area contributed by atoms with E-state index >= 15 is 0 Å². The van der Waals surface area contributed by atoms with Gasteiger partial charge in [0, 0.05) is 0 Å². The van der Waals surface area contributed by atoms with Crippen LogP contribution in [0.15, 0.2) is 12.1 Å². The maximum atomic E-state index is 13.6. The number of hydrogen-bond acceptors (Lipinski definition) is 4. The molecule has 5 nitrogen and oxygen atoms in total. The molecule has 22 heavy (non-hydrogen) atoms. The van der Waals surface area contributed by atoms with Gasteiger partial charge in [0.2, 0.25) is 0 Å². The third-order valence-corrected chi connectivity index (χ3v) is 4.38. The third kappa shape index (κ3) is 4.18. The fraction of sp³-hybridized carbons (Fsp3) is 0.385. The van der Waals surface area contributed by atoms with Gasteiger partial charge in [-0.25, -0.2) is 9.59 Å². The van der Waals surface area contributed by atoms with Crippen LogP contribution < -0.4 is 0 Å². The van der Waals surface area contributed by atoms with Gasteiger partial charge in [0.1, 0.15) is 5.75 Å². The highest BCUT2D eigenvalue weighted by Crippen LogP contribution is 2.31. The first-order valence-electron chi connectivity index (χ1n) is 5.98. The fourth-order valence-electron chi connectivity index (χ4n) is 1.62. The second kappa shape index (κ2) is 7.23. The lowest BCUT2D eigenvalue weighted by molar-refractivity contribution is -0.187. The number of alkyl halides is 2. The summed E-state index contributed by atoms with van der Waals surface area (Å²) in [6.45, 7) is 2.66. The van der Waals surface area contributed by atoms with Crippen molar-refractivity contribution in [3.63, 3.8) is 0 Å². The third-order valence-electron chi connectivity index (χ3n) is 2.73. The number of hydrogen-bond donors (Lipinski definition) is 2. The number of carbonyl (C=O) groups is 2. The molecular weight excluding hydrogens is 528 g/mol. The number of aromatic hydroxyl groups is 1. The topological polar surface area (TPSA) is 83.8 Å². The Kier molecular flexibility index (Phi) is 6.36. The molecule has 2 N–H and O–H groups in total. The van der Waals surface area contributed by atoms with Gasteiger partial charge in [0.05, 0.1) is 12.7 Å². The van der Waals surface area contributed by atoms with E-state index in [9.17, 15) is 23.5 Å². The molecule has 1 aromatic carbocycles. The van der Waals surface area contributed by atoms with Gasteiger partial charge in [-0.05, 0) is 63.2 Å². The number of carboxylic acid groups (broad SMARTS) is 1. The largest absolute Gasteiger partial charge is 0.506 e. The Morgan fingerprint density at radius 2 is 1.68 bits per heavy atom. The molecule has 0 aliphatic heterocycles. The lowest BCUT2D eigenvalue weighted by Crippen LogP contribution is -2.47. The van der Waals surface area contributed by atoms with Crippen molar-refractivity contribution in [2.75, 3.05) is 0 Å². The fourth-order valence-corrected chi connectivity index (χ4v) is 3.39. The Bertz CT molecular complexity index is 581. The van der Waals surface area contributed by atoms with Gasteiger partial charge in [-0.15, -0.1) is 0 Å². The molecule has 0 spiro atoms. The van der Waals surface area contributed by atoms with Crippen molar-refractivity contribution < 1.29 is 33.3 Å². The zero-order valence-electron chi connectivity index (χ0n) is 11.4. The highest BCUT2D eigenvalue weighted by molar-refractivity contribution is 14.1. The standard InChI is InChI=1S/C13H12F2I2O5/c1-5(2)10(13(14,15)12(20)21)22-11(19)6-3-7(16)9(18)8(17)4-6/h3-5,10,18H,1-2H3,(H,20,21). The van der Waals surface area contributed by atoms with Gasteiger partial charge in [-0.1, -0.05) is 13.8 Å². The van der Waals surface area contributed by atoms with Gasteiger partial charge in [-0.3, -0.25) is 0 Å². The SMILES string of the molecule is CC(C)C(OC(=O)c1cc(I)c(O)c(I)c1)C(F)(F)C(=O)O. The van der Waals surface area contributed by atoms with E-state index in [0.29, 0.717) is 7.14 Å². The number of carbonyl (C=O) groups excluding carboxylic acids is 1. The van der Waals surface area contributed by atoms with Gasteiger partial charge in [0.25, 0.3) is 0 Å². The van der Waals surface area contributed by atoms with E-state index in [-0.39, 0.29) is 11.3 Å². The molecule has 0 saturated carbocycles. The predicted octanol–water partition coefficient (Wildman–Crippen LogP) is 3.50. The minimum atomic E-state index is -4.19. The van der Waals surface area contributed by atoms with E-state index in [1.165, 1.54) is 26.0 Å². The molecule has 0 bridgehead atoms. The van der Waals surface area contributed by atoms with Crippen LogP contribution in [0.3, 0.4) is 0 Å². The Morgan fingerprint density at radius 3 is 2.05 bits per heavy atom. The highest BCUT2D eigenvalue weighted by atomic mass is 127. The van der Waals surface area contributed by atoms with Crippen molar-refractivity contribution in [3.8, 4) is 5.75 Å². The molecule has 122 valence electrons. The van der Waals surface area contributed by atoms with Gasteiger partial charge in [0.15, 0.2) is 6.10 Å². The van der Waals surface area contributed by atoms with Crippen LogP contribution in [0.2, 0.25) is 0 Å². The van der Waals surface area contributed by atoms with Crippen LogP contribution in [0.1, 0.15) is 24.2 Å². The molecule has 0 radical (unpaired) electrons. The van der Waals surface area contributed by atoms with Crippen molar-refractivity contribution in [1.29, 1.82) is 0 Å². The summed E-state index contributed by atoms with van der Waals surface area (Å²) < 4.78 is 32.7. The summed E-state index contributed by atoms with van der Waals surface area (Å²) in [5.41, 5.74) is -0.0431. The first kappa shape index (κ1) is 19.3. The van der Waals surface area contributed by atoms with Crippen LogP contribution in [-0.4, -0.2) is 34.2 Å². The average molecular weight is 540 g/mol. The lowest BCUT2D eigenvalue weighted by Gasteiger charge is -2.26. The Labute approximate surface area is 152 Å². The number of halogens is 4. The van der Waals surface area contributed by atoms with Crippen LogP contribution in [0.4, 0.5) is 8.78 Å². The van der Waals surface area contributed by atoms with Crippen molar-refractivity contribution in [2.45, 2.75) is 25.9 Å². The zero-order chi connectivity index (χ0) is 17.2. The van der Waals surface area contributed by atoms with E-state index in [2.05, 4.69) is 0 Å². The van der Waals surface area contributed by atoms with E-state index in [1.807, 2.05) is 0 Å². The van der Waals surface area contributed by atoms with Gasteiger partial charge < -0.3 is 14.9 Å². The Hall–Kier alpha value is -0.720. The summed E-state index contributed by atoms with van der Waals surface area (Å²) >= 11 is 3.56. The van der Waals surface area contributed by atoms with Crippen LogP contribution >= 0.6 is 45.2 Å². The lowest BCUT2D eigenvalue weighted by atomic mass is 10.0. The Balaban J connectivity index is 3.10. The summed E-state index contributed by atoms with van der Waals surface area (Å²) in [5, 5.41) is 18.2. The molecule has 1 rings (SSSR count). The average Bonchev–Trinajstić information content (AvgIpc) is 2.40. The Morgan fingerprint density at radius 1 is 1.23 bits per heavy atom. The molecule has 1 aromatic rings. The normalized spacial score (nSPS) is 13.0. The predicted molar refractivity (Wildman–Crippen MR) is 90.2 cm³/mol. The number of carboxylic acids is 1. The van der Waals surface area contributed by atoms with Crippen molar-refractivity contribution in [1.82, 2.24) is 0 Å². The molecule has 1 unspecified atom stereocenters. The minimum Gasteiger partial charge on any atom is -0.506 e.